The van der Waals surface area contributed by atoms with Crippen LogP contribution in [0.3, 0.4) is 0 Å². The number of benzene rings is 1. The fraction of sp³-hybridized carbons (Fsp3) is 0.550. The van der Waals surface area contributed by atoms with Gasteiger partial charge in [-0.1, -0.05) is 18.2 Å². The Morgan fingerprint density at radius 1 is 1.12 bits per heavy atom. The number of rotatable bonds is 3. The molecule has 1 aromatic heterocycles. The second kappa shape index (κ2) is 5.41. The molecule has 130 valence electrons. The fourth-order valence-corrected chi connectivity index (χ4v) is 5.98. The molecule has 0 spiro atoms. The largest absolute Gasteiger partial charge is 0.349 e. The van der Waals surface area contributed by atoms with Crippen molar-refractivity contribution in [2.24, 2.45) is 17.8 Å². The van der Waals surface area contributed by atoms with Crippen LogP contribution in [0.25, 0.3) is 10.8 Å². The first kappa shape index (κ1) is 15.1. The van der Waals surface area contributed by atoms with Crippen LogP contribution in [0.5, 0.6) is 0 Å². The van der Waals surface area contributed by atoms with E-state index in [4.69, 9.17) is 0 Å². The lowest BCUT2D eigenvalue weighted by Crippen LogP contribution is -2.60. The Bertz CT molecular complexity index is 866. The van der Waals surface area contributed by atoms with E-state index in [1.165, 1.54) is 23.9 Å². The molecule has 1 aromatic carbocycles. The highest BCUT2D eigenvalue weighted by atomic mass is 16.2. The van der Waals surface area contributed by atoms with E-state index in [1.54, 1.807) is 12.3 Å². The van der Waals surface area contributed by atoms with Gasteiger partial charge in [0.15, 0.2) is 0 Å². The van der Waals surface area contributed by atoms with Crippen LogP contribution in [0.15, 0.2) is 35.3 Å². The molecule has 5 nitrogen and oxygen atoms in total. The number of hydrogen-bond donors (Lipinski definition) is 1. The minimum atomic E-state index is -0.196. The van der Waals surface area contributed by atoms with Crippen molar-refractivity contribution in [3.05, 3.63) is 40.8 Å². The van der Waals surface area contributed by atoms with E-state index >= 15 is 0 Å². The molecule has 0 aliphatic heterocycles. The highest BCUT2D eigenvalue weighted by Gasteiger charge is 2.51. The molecule has 1 heterocycles. The number of fused-ring (bicyclic) bond motifs is 1. The molecule has 0 atom stereocenters. The van der Waals surface area contributed by atoms with Gasteiger partial charge in [0, 0.05) is 10.9 Å². The summed E-state index contributed by atoms with van der Waals surface area (Å²) in [5.41, 5.74) is -0.217. The lowest BCUT2D eigenvalue weighted by Gasteiger charge is -2.56. The summed E-state index contributed by atoms with van der Waals surface area (Å²) in [4.78, 5) is 25.2. The van der Waals surface area contributed by atoms with Crippen LogP contribution in [0.2, 0.25) is 0 Å². The zero-order chi connectivity index (χ0) is 17.0. The standard InChI is InChI=1S/C20H23N3O2/c24-18(12-23-19(25)17-4-2-1-3-16(17)11-21-23)22-20-8-13-5-14(9-20)7-15(6-13)10-20/h1-4,11,13-15H,5-10,12H2,(H,22,24). The number of nitrogens with zero attached hydrogens (tertiary/aromatic N) is 2. The Balaban J connectivity index is 1.36. The van der Waals surface area contributed by atoms with E-state index in [0.29, 0.717) is 5.39 Å². The Hall–Kier alpha value is -2.17. The van der Waals surface area contributed by atoms with Crippen LogP contribution in [0.4, 0.5) is 0 Å². The quantitative estimate of drug-likeness (QED) is 0.936. The molecule has 4 fully saturated rings. The normalized spacial score (nSPS) is 32.9. The molecule has 0 saturated heterocycles. The average Bonchev–Trinajstić information content (AvgIpc) is 2.56. The molecule has 4 aliphatic rings. The summed E-state index contributed by atoms with van der Waals surface area (Å²) in [6.07, 6.45) is 9.05. The van der Waals surface area contributed by atoms with Crippen LogP contribution in [0.1, 0.15) is 38.5 Å². The van der Waals surface area contributed by atoms with Gasteiger partial charge in [-0.15, -0.1) is 0 Å². The molecule has 4 bridgehead atoms. The number of aromatic nitrogens is 2. The van der Waals surface area contributed by atoms with Crippen molar-refractivity contribution in [3.63, 3.8) is 0 Å². The maximum absolute atomic E-state index is 12.7. The predicted octanol–water partition coefficient (Wildman–Crippen LogP) is 2.48. The third-order valence-electron chi connectivity index (χ3n) is 6.50. The predicted molar refractivity (Wildman–Crippen MR) is 95.0 cm³/mol. The molecule has 4 saturated carbocycles. The molecule has 5 heteroatoms. The molecule has 1 N–H and O–H groups in total. The van der Waals surface area contributed by atoms with Gasteiger partial charge in [0.05, 0.1) is 11.6 Å². The van der Waals surface area contributed by atoms with Crippen LogP contribution in [-0.4, -0.2) is 21.2 Å². The van der Waals surface area contributed by atoms with E-state index in [0.717, 1.165) is 42.4 Å². The summed E-state index contributed by atoms with van der Waals surface area (Å²) in [5.74, 6) is 2.28. The number of carbonyl (C=O) groups is 1. The summed E-state index contributed by atoms with van der Waals surface area (Å²) >= 11 is 0. The number of amides is 1. The third kappa shape index (κ3) is 2.57. The topological polar surface area (TPSA) is 64.0 Å². The van der Waals surface area contributed by atoms with E-state index in [2.05, 4.69) is 10.4 Å². The molecule has 25 heavy (non-hydrogen) atoms. The zero-order valence-electron chi connectivity index (χ0n) is 14.3. The molecule has 0 radical (unpaired) electrons. The number of nitrogens with one attached hydrogen (secondary N) is 1. The Morgan fingerprint density at radius 3 is 2.44 bits per heavy atom. The second-order valence-corrected chi connectivity index (χ2v) is 8.44. The van der Waals surface area contributed by atoms with Crippen molar-refractivity contribution in [3.8, 4) is 0 Å². The van der Waals surface area contributed by atoms with Gasteiger partial charge in [-0.05, 0) is 62.3 Å². The van der Waals surface area contributed by atoms with Crippen molar-refractivity contribution < 1.29 is 4.79 Å². The van der Waals surface area contributed by atoms with Crippen LogP contribution in [0, 0.1) is 17.8 Å². The fourth-order valence-electron chi connectivity index (χ4n) is 5.98. The van der Waals surface area contributed by atoms with Crippen molar-refractivity contribution in [2.45, 2.75) is 50.6 Å². The number of hydrogen-bond acceptors (Lipinski definition) is 3. The highest BCUT2D eigenvalue weighted by Crippen LogP contribution is 2.55. The molecule has 4 aliphatic carbocycles. The summed E-state index contributed by atoms with van der Waals surface area (Å²) in [6.45, 7) is 0.00537. The molecular formula is C20H23N3O2. The molecule has 0 unspecified atom stereocenters. The zero-order valence-corrected chi connectivity index (χ0v) is 14.3. The summed E-state index contributed by atoms with van der Waals surface area (Å²) in [7, 11) is 0. The average molecular weight is 337 g/mol. The Labute approximate surface area is 146 Å². The van der Waals surface area contributed by atoms with Crippen molar-refractivity contribution in [1.82, 2.24) is 15.1 Å². The van der Waals surface area contributed by atoms with E-state index < -0.39 is 0 Å². The van der Waals surface area contributed by atoms with Gasteiger partial charge in [-0.3, -0.25) is 9.59 Å². The van der Waals surface area contributed by atoms with Gasteiger partial charge in [0.1, 0.15) is 6.54 Å². The van der Waals surface area contributed by atoms with E-state index in [-0.39, 0.29) is 23.6 Å². The first-order valence-corrected chi connectivity index (χ1v) is 9.36. The summed E-state index contributed by atoms with van der Waals surface area (Å²) in [5, 5.41) is 8.92. The second-order valence-electron chi connectivity index (χ2n) is 8.44. The molecule has 2 aromatic rings. The minimum Gasteiger partial charge on any atom is -0.349 e. The van der Waals surface area contributed by atoms with Gasteiger partial charge < -0.3 is 5.32 Å². The van der Waals surface area contributed by atoms with Crippen LogP contribution in [-0.2, 0) is 11.3 Å². The number of carbonyl (C=O) groups excluding carboxylic acids is 1. The monoisotopic (exact) mass is 337 g/mol. The van der Waals surface area contributed by atoms with Gasteiger partial charge in [0.2, 0.25) is 5.91 Å². The van der Waals surface area contributed by atoms with Crippen LogP contribution >= 0.6 is 0 Å². The van der Waals surface area contributed by atoms with Gasteiger partial charge in [0.25, 0.3) is 5.56 Å². The minimum absolute atomic E-state index is 0.00537. The van der Waals surface area contributed by atoms with E-state index in [9.17, 15) is 9.59 Å². The highest BCUT2D eigenvalue weighted by molar-refractivity contribution is 5.81. The van der Waals surface area contributed by atoms with Gasteiger partial charge >= 0.3 is 0 Å². The first-order chi connectivity index (χ1) is 12.1. The third-order valence-corrected chi connectivity index (χ3v) is 6.50. The maximum Gasteiger partial charge on any atom is 0.275 e. The van der Waals surface area contributed by atoms with Gasteiger partial charge in [-0.2, -0.15) is 5.10 Å². The molecular weight excluding hydrogens is 314 g/mol. The summed E-state index contributed by atoms with van der Waals surface area (Å²) in [6, 6.07) is 7.37. The Morgan fingerprint density at radius 2 is 1.76 bits per heavy atom. The summed E-state index contributed by atoms with van der Waals surface area (Å²) < 4.78 is 1.29. The van der Waals surface area contributed by atoms with Crippen molar-refractivity contribution in [1.29, 1.82) is 0 Å². The van der Waals surface area contributed by atoms with Crippen molar-refractivity contribution >= 4 is 16.7 Å². The molecule has 1 amide bonds. The first-order valence-electron chi connectivity index (χ1n) is 9.36. The SMILES string of the molecule is O=C(Cn1ncc2ccccc2c1=O)NC12CC3CC(CC(C3)C1)C2. The van der Waals surface area contributed by atoms with Crippen LogP contribution < -0.4 is 10.9 Å². The van der Waals surface area contributed by atoms with Crippen molar-refractivity contribution in [2.75, 3.05) is 0 Å². The van der Waals surface area contributed by atoms with Gasteiger partial charge in [-0.25, -0.2) is 4.68 Å². The smallest absolute Gasteiger partial charge is 0.275 e. The lowest BCUT2D eigenvalue weighted by atomic mass is 9.53. The Kier molecular flexibility index (Phi) is 3.27. The molecule has 6 rings (SSSR count). The van der Waals surface area contributed by atoms with E-state index in [1.807, 2.05) is 18.2 Å². The maximum atomic E-state index is 12.7. The lowest BCUT2D eigenvalue weighted by molar-refractivity contribution is -0.127.